The Kier molecular flexibility index (Phi) is 4.90. The third kappa shape index (κ3) is 3.67. The number of aliphatic hydroxyl groups excluding tert-OH is 1. The van der Waals surface area contributed by atoms with E-state index < -0.39 is 0 Å². The average molecular weight is 276 g/mol. The predicted octanol–water partition coefficient (Wildman–Crippen LogP) is 2.52. The molecule has 1 N–H and O–H groups in total. The van der Waals surface area contributed by atoms with Crippen LogP contribution in [0.15, 0.2) is 30.3 Å². The first-order valence-corrected chi connectivity index (χ1v) is 6.99. The Morgan fingerprint density at radius 2 is 2.10 bits per heavy atom. The van der Waals surface area contributed by atoms with Gasteiger partial charge in [-0.25, -0.2) is 4.39 Å². The summed E-state index contributed by atoms with van der Waals surface area (Å²) in [6.45, 7) is 2.16. The van der Waals surface area contributed by atoms with Crippen LogP contribution in [0.3, 0.4) is 0 Å². The first-order chi connectivity index (χ1) is 9.62. The third-order valence-corrected chi connectivity index (χ3v) is 3.56. The number of rotatable bonds is 6. The fourth-order valence-electron chi connectivity index (χ4n) is 2.43. The largest absolute Gasteiger partial charge is 0.396 e. The van der Waals surface area contributed by atoms with Crippen LogP contribution < -0.4 is 0 Å². The van der Waals surface area contributed by atoms with Crippen LogP contribution in [0.2, 0.25) is 0 Å². The molecular weight excluding hydrogens is 255 g/mol. The van der Waals surface area contributed by atoms with Gasteiger partial charge in [0.2, 0.25) is 0 Å². The van der Waals surface area contributed by atoms with Crippen molar-refractivity contribution in [2.75, 3.05) is 6.61 Å². The summed E-state index contributed by atoms with van der Waals surface area (Å²) >= 11 is 0. The van der Waals surface area contributed by atoms with E-state index in [1.54, 1.807) is 6.07 Å². The minimum absolute atomic E-state index is 0.0805. The summed E-state index contributed by atoms with van der Waals surface area (Å²) in [4.78, 5) is 0. The molecule has 4 heteroatoms. The van der Waals surface area contributed by atoms with E-state index in [9.17, 15) is 9.50 Å². The summed E-state index contributed by atoms with van der Waals surface area (Å²) < 4.78 is 15.1. The Bertz CT molecular complexity index is 565. The fraction of sp³-hybridized carbons (Fsp3) is 0.438. The number of aliphatic hydroxyl groups is 1. The SMILES string of the molecule is CCc1cc(CC(CO)Cc2cccc(F)c2)n(C)n1. The van der Waals surface area contributed by atoms with Gasteiger partial charge in [-0.15, -0.1) is 0 Å². The fourth-order valence-corrected chi connectivity index (χ4v) is 2.43. The molecule has 0 saturated carbocycles. The van der Waals surface area contributed by atoms with E-state index in [1.165, 1.54) is 12.1 Å². The van der Waals surface area contributed by atoms with Crippen molar-refractivity contribution in [2.45, 2.75) is 26.2 Å². The molecule has 1 aromatic heterocycles. The van der Waals surface area contributed by atoms with Crippen molar-refractivity contribution in [3.8, 4) is 0 Å². The highest BCUT2D eigenvalue weighted by Crippen LogP contribution is 2.16. The number of nitrogens with zero attached hydrogens (tertiary/aromatic N) is 2. The average Bonchev–Trinajstić information content (AvgIpc) is 2.78. The Morgan fingerprint density at radius 3 is 2.70 bits per heavy atom. The highest BCUT2D eigenvalue weighted by Gasteiger charge is 2.13. The zero-order valence-electron chi connectivity index (χ0n) is 12.0. The summed E-state index contributed by atoms with van der Waals surface area (Å²) in [6, 6.07) is 8.65. The molecule has 0 amide bonds. The highest BCUT2D eigenvalue weighted by molar-refractivity contribution is 5.18. The number of aromatic nitrogens is 2. The van der Waals surface area contributed by atoms with Gasteiger partial charge in [-0.3, -0.25) is 4.68 Å². The van der Waals surface area contributed by atoms with Gasteiger partial charge in [0.15, 0.2) is 0 Å². The molecule has 1 atom stereocenters. The number of aryl methyl sites for hydroxylation is 2. The summed E-state index contributed by atoms with van der Waals surface area (Å²) in [6.07, 6.45) is 2.32. The molecule has 0 fully saturated rings. The minimum Gasteiger partial charge on any atom is -0.396 e. The van der Waals surface area contributed by atoms with Crippen LogP contribution in [-0.4, -0.2) is 21.5 Å². The van der Waals surface area contributed by atoms with Crippen LogP contribution in [0, 0.1) is 11.7 Å². The van der Waals surface area contributed by atoms with E-state index in [0.717, 1.165) is 29.8 Å². The van der Waals surface area contributed by atoms with E-state index in [0.29, 0.717) is 6.42 Å². The first-order valence-electron chi connectivity index (χ1n) is 6.99. The second kappa shape index (κ2) is 6.66. The van der Waals surface area contributed by atoms with Crippen molar-refractivity contribution < 1.29 is 9.50 Å². The van der Waals surface area contributed by atoms with E-state index in [1.807, 2.05) is 17.8 Å². The molecule has 108 valence electrons. The smallest absolute Gasteiger partial charge is 0.123 e. The predicted molar refractivity (Wildman–Crippen MR) is 77.0 cm³/mol. The molecule has 1 unspecified atom stereocenters. The van der Waals surface area contributed by atoms with Gasteiger partial charge in [0.1, 0.15) is 5.82 Å². The van der Waals surface area contributed by atoms with Crippen LogP contribution in [0.25, 0.3) is 0 Å². The second-order valence-electron chi connectivity index (χ2n) is 5.19. The maximum absolute atomic E-state index is 13.2. The summed E-state index contributed by atoms with van der Waals surface area (Å²) in [5.74, 6) is -0.148. The zero-order valence-corrected chi connectivity index (χ0v) is 12.0. The van der Waals surface area contributed by atoms with Crippen LogP contribution in [0.4, 0.5) is 4.39 Å². The number of halogens is 1. The molecule has 0 aliphatic carbocycles. The molecule has 0 saturated heterocycles. The zero-order chi connectivity index (χ0) is 14.5. The third-order valence-electron chi connectivity index (χ3n) is 3.56. The topological polar surface area (TPSA) is 38.0 Å². The monoisotopic (exact) mass is 276 g/mol. The van der Waals surface area contributed by atoms with E-state index in [-0.39, 0.29) is 18.3 Å². The molecule has 20 heavy (non-hydrogen) atoms. The Balaban J connectivity index is 2.06. The van der Waals surface area contributed by atoms with Gasteiger partial charge in [-0.1, -0.05) is 19.1 Å². The number of benzene rings is 1. The molecule has 2 rings (SSSR count). The maximum Gasteiger partial charge on any atom is 0.123 e. The lowest BCUT2D eigenvalue weighted by Gasteiger charge is -2.14. The molecule has 1 heterocycles. The van der Waals surface area contributed by atoms with E-state index in [4.69, 9.17) is 0 Å². The van der Waals surface area contributed by atoms with Crippen LogP contribution >= 0.6 is 0 Å². The lowest BCUT2D eigenvalue weighted by molar-refractivity contribution is 0.223. The van der Waals surface area contributed by atoms with Crippen molar-refractivity contribution in [3.05, 3.63) is 53.1 Å². The summed E-state index contributed by atoms with van der Waals surface area (Å²) in [5, 5.41) is 14.0. The number of hydrogen-bond donors (Lipinski definition) is 1. The Hall–Kier alpha value is -1.68. The molecule has 0 aliphatic rings. The van der Waals surface area contributed by atoms with E-state index >= 15 is 0 Å². The van der Waals surface area contributed by atoms with Crippen molar-refractivity contribution in [3.63, 3.8) is 0 Å². The highest BCUT2D eigenvalue weighted by atomic mass is 19.1. The molecule has 0 spiro atoms. The summed E-state index contributed by atoms with van der Waals surface area (Å²) in [5.41, 5.74) is 3.09. The van der Waals surface area contributed by atoms with Crippen LogP contribution in [0.1, 0.15) is 23.9 Å². The normalized spacial score (nSPS) is 12.6. The first kappa shape index (κ1) is 14.7. The number of hydrogen-bond acceptors (Lipinski definition) is 2. The van der Waals surface area contributed by atoms with Crippen molar-refractivity contribution in [1.82, 2.24) is 9.78 Å². The van der Waals surface area contributed by atoms with Crippen molar-refractivity contribution >= 4 is 0 Å². The maximum atomic E-state index is 13.2. The van der Waals surface area contributed by atoms with Crippen molar-refractivity contribution in [2.24, 2.45) is 13.0 Å². The van der Waals surface area contributed by atoms with Gasteiger partial charge in [0.05, 0.1) is 5.69 Å². The van der Waals surface area contributed by atoms with Crippen LogP contribution in [0.5, 0.6) is 0 Å². The summed E-state index contributed by atoms with van der Waals surface area (Å²) in [7, 11) is 1.92. The molecule has 2 aromatic rings. The van der Waals surface area contributed by atoms with Crippen LogP contribution in [-0.2, 0) is 26.3 Å². The Labute approximate surface area is 119 Å². The minimum atomic E-state index is -0.229. The van der Waals surface area contributed by atoms with Gasteiger partial charge < -0.3 is 5.11 Å². The lowest BCUT2D eigenvalue weighted by Crippen LogP contribution is -2.15. The molecule has 0 radical (unpaired) electrons. The second-order valence-corrected chi connectivity index (χ2v) is 5.19. The molecule has 0 bridgehead atoms. The molecular formula is C16H21FN2O. The lowest BCUT2D eigenvalue weighted by atomic mass is 9.95. The van der Waals surface area contributed by atoms with Gasteiger partial charge in [0.25, 0.3) is 0 Å². The Morgan fingerprint density at radius 1 is 1.30 bits per heavy atom. The molecule has 0 aliphatic heterocycles. The van der Waals surface area contributed by atoms with E-state index in [2.05, 4.69) is 18.1 Å². The standard InChI is InChI=1S/C16H21FN2O/c1-3-15-10-16(19(2)18-15)9-13(11-20)7-12-5-4-6-14(17)8-12/h4-6,8,10,13,20H,3,7,9,11H2,1-2H3. The van der Waals surface area contributed by atoms with Gasteiger partial charge in [-0.2, -0.15) is 5.10 Å². The van der Waals surface area contributed by atoms with Gasteiger partial charge in [-0.05, 0) is 48.9 Å². The van der Waals surface area contributed by atoms with Crippen molar-refractivity contribution in [1.29, 1.82) is 0 Å². The quantitative estimate of drug-likeness (QED) is 0.880. The van der Waals surface area contributed by atoms with Gasteiger partial charge >= 0.3 is 0 Å². The molecule has 1 aromatic carbocycles. The molecule has 3 nitrogen and oxygen atoms in total. The van der Waals surface area contributed by atoms with Gasteiger partial charge in [0, 0.05) is 19.3 Å².